The minimum Gasteiger partial charge on any atom is -0.361 e. The molecule has 0 fully saturated rings. The van der Waals surface area contributed by atoms with Crippen molar-refractivity contribution in [2.24, 2.45) is 5.73 Å². The van der Waals surface area contributed by atoms with E-state index in [0.29, 0.717) is 0 Å². The fourth-order valence-corrected chi connectivity index (χ4v) is 1.46. The highest BCUT2D eigenvalue weighted by molar-refractivity contribution is 5.65. The van der Waals surface area contributed by atoms with E-state index < -0.39 is 0 Å². The molecule has 0 amide bonds. The van der Waals surface area contributed by atoms with Crippen LogP contribution >= 0.6 is 0 Å². The summed E-state index contributed by atoms with van der Waals surface area (Å²) in [4.78, 5) is 3.16. The number of hydrogen-bond donors (Lipinski definition) is 3. The molecule has 0 radical (unpaired) electrons. The van der Waals surface area contributed by atoms with Crippen LogP contribution in [0.25, 0.3) is 5.57 Å². The van der Waals surface area contributed by atoms with E-state index >= 15 is 0 Å². The quantitative estimate of drug-likeness (QED) is 0.558. The minimum absolute atomic E-state index is 0.150. The number of aromatic amines is 1. The summed E-state index contributed by atoms with van der Waals surface area (Å²) < 4.78 is 0. The fourth-order valence-electron chi connectivity index (χ4n) is 1.46. The molecule has 0 bridgehead atoms. The Labute approximate surface area is 71.7 Å². The van der Waals surface area contributed by atoms with Gasteiger partial charge in [0.05, 0.1) is 0 Å². The number of nitrogens with one attached hydrogen (secondary N) is 2. The van der Waals surface area contributed by atoms with Crippen molar-refractivity contribution >= 4 is 5.57 Å². The van der Waals surface area contributed by atoms with Crippen molar-refractivity contribution in [2.45, 2.75) is 6.04 Å². The molecule has 3 heteroatoms. The van der Waals surface area contributed by atoms with Crippen LogP contribution in [0.3, 0.4) is 0 Å². The third-order valence-corrected chi connectivity index (χ3v) is 2.05. The molecule has 1 aliphatic rings. The number of rotatable bonds is 1. The van der Waals surface area contributed by atoms with E-state index in [9.17, 15) is 0 Å². The topological polar surface area (TPSA) is 53.8 Å². The molecule has 3 nitrogen and oxygen atoms in total. The first-order chi connectivity index (χ1) is 5.86. The van der Waals surface area contributed by atoms with Gasteiger partial charge < -0.3 is 16.0 Å². The van der Waals surface area contributed by atoms with Gasteiger partial charge in [0.15, 0.2) is 0 Å². The van der Waals surface area contributed by atoms with E-state index in [-0.39, 0.29) is 6.04 Å². The summed E-state index contributed by atoms with van der Waals surface area (Å²) >= 11 is 0. The SMILES string of the molecule is NC1C=C(c2ccc[nH]2)CNC1. The van der Waals surface area contributed by atoms with Crippen LogP contribution in [-0.4, -0.2) is 24.1 Å². The maximum absolute atomic E-state index is 5.78. The second kappa shape index (κ2) is 3.13. The largest absolute Gasteiger partial charge is 0.361 e. The monoisotopic (exact) mass is 163 g/mol. The fraction of sp³-hybridized carbons (Fsp3) is 0.333. The van der Waals surface area contributed by atoms with Crippen molar-refractivity contribution in [3.8, 4) is 0 Å². The standard InChI is InChI=1S/C9H13N3/c10-8-4-7(5-11-6-8)9-2-1-3-12-9/h1-4,8,11-12H,5-6,10H2. The molecule has 1 aromatic rings. The minimum atomic E-state index is 0.150. The van der Waals surface area contributed by atoms with Crippen molar-refractivity contribution in [1.29, 1.82) is 0 Å². The van der Waals surface area contributed by atoms with Gasteiger partial charge in [-0.3, -0.25) is 0 Å². The molecule has 1 aliphatic heterocycles. The predicted octanol–water partition coefficient (Wildman–Crippen LogP) is 0.329. The maximum atomic E-state index is 5.78. The van der Waals surface area contributed by atoms with Crippen LogP contribution < -0.4 is 11.1 Å². The summed E-state index contributed by atoms with van der Waals surface area (Å²) in [5.74, 6) is 0. The van der Waals surface area contributed by atoms with Gasteiger partial charge in [0.25, 0.3) is 0 Å². The van der Waals surface area contributed by atoms with Crippen LogP contribution in [0.4, 0.5) is 0 Å². The summed E-state index contributed by atoms with van der Waals surface area (Å²) in [6.07, 6.45) is 4.04. The molecule has 0 saturated heterocycles. The molecule has 1 atom stereocenters. The lowest BCUT2D eigenvalue weighted by atomic mass is 10.1. The van der Waals surface area contributed by atoms with Crippen molar-refractivity contribution in [3.05, 3.63) is 30.1 Å². The second-order valence-electron chi connectivity index (χ2n) is 3.07. The van der Waals surface area contributed by atoms with Gasteiger partial charge in [0.1, 0.15) is 0 Å². The molecule has 2 rings (SSSR count). The average Bonchev–Trinajstić information content (AvgIpc) is 2.56. The Hall–Kier alpha value is -1.06. The first kappa shape index (κ1) is 7.58. The van der Waals surface area contributed by atoms with Crippen molar-refractivity contribution < 1.29 is 0 Å². The van der Waals surface area contributed by atoms with Gasteiger partial charge in [-0.05, 0) is 17.7 Å². The highest BCUT2D eigenvalue weighted by Crippen LogP contribution is 2.13. The van der Waals surface area contributed by atoms with Crippen molar-refractivity contribution in [1.82, 2.24) is 10.3 Å². The third-order valence-electron chi connectivity index (χ3n) is 2.05. The molecule has 0 spiro atoms. The van der Waals surface area contributed by atoms with Crippen LogP contribution in [0.1, 0.15) is 5.69 Å². The van der Waals surface area contributed by atoms with Crippen LogP contribution in [0.2, 0.25) is 0 Å². The van der Waals surface area contributed by atoms with Crippen molar-refractivity contribution in [2.75, 3.05) is 13.1 Å². The Morgan fingerprint density at radius 1 is 1.50 bits per heavy atom. The van der Waals surface area contributed by atoms with E-state index in [1.165, 1.54) is 5.57 Å². The van der Waals surface area contributed by atoms with Crippen LogP contribution in [0, 0.1) is 0 Å². The summed E-state index contributed by atoms with van der Waals surface area (Å²) in [6, 6.07) is 4.21. The zero-order valence-electron chi connectivity index (χ0n) is 6.88. The Kier molecular flexibility index (Phi) is 1.98. The summed E-state index contributed by atoms with van der Waals surface area (Å²) in [7, 11) is 0. The zero-order valence-corrected chi connectivity index (χ0v) is 6.88. The number of hydrogen-bond acceptors (Lipinski definition) is 2. The number of H-pyrrole nitrogens is 1. The van der Waals surface area contributed by atoms with E-state index in [0.717, 1.165) is 18.8 Å². The molecule has 1 unspecified atom stereocenters. The van der Waals surface area contributed by atoms with Crippen LogP contribution in [0.5, 0.6) is 0 Å². The Morgan fingerprint density at radius 3 is 3.08 bits per heavy atom. The average molecular weight is 163 g/mol. The molecule has 4 N–H and O–H groups in total. The first-order valence-corrected chi connectivity index (χ1v) is 4.17. The van der Waals surface area contributed by atoms with Gasteiger partial charge in [-0.2, -0.15) is 0 Å². The smallest absolute Gasteiger partial charge is 0.0423 e. The molecular formula is C9H13N3. The van der Waals surface area contributed by atoms with E-state index in [2.05, 4.69) is 22.4 Å². The molecule has 64 valence electrons. The van der Waals surface area contributed by atoms with E-state index in [4.69, 9.17) is 5.73 Å². The lowest BCUT2D eigenvalue weighted by Crippen LogP contribution is -2.37. The predicted molar refractivity (Wildman–Crippen MR) is 49.6 cm³/mol. The first-order valence-electron chi connectivity index (χ1n) is 4.17. The maximum Gasteiger partial charge on any atom is 0.0423 e. The normalized spacial score (nSPS) is 23.8. The van der Waals surface area contributed by atoms with Crippen molar-refractivity contribution in [3.63, 3.8) is 0 Å². The van der Waals surface area contributed by atoms with Gasteiger partial charge in [0, 0.05) is 31.0 Å². The molecule has 1 aromatic heterocycles. The van der Waals surface area contributed by atoms with Gasteiger partial charge in [-0.15, -0.1) is 0 Å². The van der Waals surface area contributed by atoms with Crippen LogP contribution in [-0.2, 0) is 0 Å². The van der Waals surface area contributed by atoms with Gasteiger partial charge in [-0.25, -0.2) is 0 Å². The third kappa shape index (κ3) is 1.42. The Morgan fingerprint density at radius 2 is 2.42 bits per heavy atom. The van der Waals surface area contributed by atoms with Gasteiger partial charge in [0.2, 0.25) is 0 Å². The highest BCUT2D eigenvalue weighted by atomic mass is 14.9. The molecule has 12 heavy (non-hydrogen) atoms. The zero-order chi connectivity index (χ0) is 8.39. The number of aromatic nitrogens is 1. The number of nitrogens with two attached hydrogens (primary N) is 1. The van der Waals surface area contributed by atoms with Gasteiger partial charge in [-0.1, -0.05) is 6.08 Å². The summed E-state index contributed by atoms with van der Waals surface area (Å²) in [5, 5.41) is 3.26. The Balaban J connectivity index is 2.23. The summed E-state index contributed by atoms with van der Waals surface area (Å²) in [6.45, 7) is 1.79. The second-order valence-corrected chi connectivity index (χ2v) is 3.07. The highest BCUT2D eigenvalue weighted by Gasteiger charge is 2.10. The molecular weight excluding hydrogens is 150 g/mol. The van der Waals surface area contributed by atoms with Gasteiger partial charge >= 0.3 is 0 Å². The molecule has 2 heterocycles. The lowest BCUT2D eigenvalue weighted by Gasteiger charge is -2.18. The Bertz CT molecular complexity index is 274. The lowest BCUT2D eigenvalue weighted by molar-refractivity contribution is 0.662. The van der Waals surface area contributed by atoms with E-state index in [1.54, 1.807) is 0 Å². The molecule has 0 aliphatic carbocycles. The van der Waals surface area contributed by atoms with E-state index in [1.807, 2.05) is 12.3 Å². The molecule has 0 aromatic carbocycles. The summed E-state index contributed by atoms with van der Waals surface area (Å²) in [5.41, 5.74) is 8.21. The van der Waals surface area contributed by atoms with Crippen LogP contribution in [0.15, 0.2) is 24.4 Å². The molecule has 0 saturated carbocycles.